The van der Waals surface area contributed by atoms with Crippen molar-refractivity contribution in [1.82, 2.24) is 0 Å². The molecule has 0 unspecified atom stereocenters. The first-order valence-corrected chi connectivity index (χ1v) is 5.32. The van der Waals surface area contributed by atoms with Gasteiger partial charge in [0.2, 0.25) is 0 Å². The number of hydrogen-bond acceptors (Lipinski definition) is 3. The highest BCUT2D eigenvalue weighted by molar-refractivity contribution is 6.32. The zero-order valence-electron chi connectivity index (χ0n) is 8.96. The molecule has 0 saturated carbocycles. The first kappa shape index (κ1) is 12.1. The summed E-state index contributed by atoms with van der Waals surface area (Å²) in [4.78, 5) is 0. The molecular formula is C11H16ClNO2. The fourth-order valence-corrected chi connectivity index (χ4v) is 1.39. The van der Waals surface area contributed by atoms with E-state index in [1.54, 1.807) is 6.07 Å². The van der Waals surface area contributed by atoms with E-state index in [2.05, 4.69) is 5.32 Å². The molecule has 0 radical (unpaired) electrons. The Balaban J connectivity index is 2.70. The number of ether oxygens (including phenoxy) is 1. The van der Waals surface area contributed by atoms with Crippen molar-refractivity contribution in [2.75, 3.05) is 18.5 Å². The predicted molar refractivity (Wildman–Crippen MR) is 62.8 cm³/mol. The molecule has 0 aromatic heterocycles. The number of halogens is 1. The fourth-order valence-electron chi connectivity index (χ4n) is 1.16. The van der Waals surface area contributed by atoms with E-state index in [1.165, 1.54) is 0 Å². The lowest BCUT2D eigenvalue weighted by molar-refractivity contribution is 0.242. The van der Waals surface area contributed by atoms with Crippen LogP contribution in [0.2, 0.25) is 5.02 Å². The van der Waals surface area contributed by atoms with Gasteiger partial charge in [-0.05, 0) is 32.0 Å². The maximum absolute atomic E-state index is 8.65. The second kappa shape index (κ2) is 5.83. The summed E-state index contributed by atoms with van der Waals surface area (Å²) in [5.74, 6) is 0.682. The van der Waals surface area contributed by atoms with Gasteiger partial charge >= 0.3 is 0 Å². The standard InChI is InChI=1S/C11H16ClNO2/c1-8(2)15-11-4-3-9(7-10(11)12)13-5-6-14/h3-4,7-8,13-14H,5-6H2,1-2H3. The fraction of sp³-hybridized carbons (Fsp3) is 0.455. The largest absolute Gasteiger partial charge is 0.489 e. The van der Waals surface area contributed by atoms with Crippen LogP contribution in [0.25, 0.3) is 0 Å². The minimum absolute atomic E-state index is 0.0991. The van der Waals surface area contributed by atoms with E-state index in [4.69, 9.17) is 21.4 Å². The SMILES string of the molecule is CC(C)Oc1ccc(NCCO)cc1Cl. The minimum atomic E-state index is 0.0991. The van der Waals surface area contributed by atoms with Crippen LogP contribution in [0.1, 0.15) is 13.8 Å². The lowest BCUT2D eigenvalue weighted by atomic mass is 10.3. The monoisotopic (exact) mass is 229 g/mol. The molecule has 3 nitrogen and oxygen atoms in total. The molecule has 1 rings (SSSR count). The molecule has 1 aromatic carbocycles. The van der Waals surface area contributed by atoms with Crippen LogP contribution in [0.5, 0.6) is 5.75 Å². The highest BCUT2D eigenvalue weighted by Gasteiger charge is 2.04. The summed E-state index contributed by atoms with van der Waals surface area (Å²) >= 11 is 6.02. The van der Waals surface area contributed by atoms with Gasteiger partial charge in [0.1, 0.15) is 5.75 Å². The lowest BCUT2D eigenvalue weighted by Gasteiger charge is -2.12. The van der Waals surface area contributed by atoms with Crippen molar-refractivity contribution in [2.45, 2.75) is 20.0 Å². The second-order valence-electron chi connectivity index (χ2n) is 3.46. The number of aliphatic hydroxyl groups excluding tert-OH is 1. The predicted octanol–water partition coefficient (Wildman–Crippen LogP) is 2.53. The van der Waals surface area contributed by atoms with E-state index in [1.807, 2.05) is 26.0 Å². The van der Waals surface area contributed by atoms with Gasteiger partial charge in [0.15, 0.2) is 0 Å². The van der Waals surface area contributed by atoms with E-state index < -0.39 is 0 Å². The highest BCUT2D eigenvalue weighted by Crippen LogP contribution is 2.28. The Morgan fingerprint density at radius 3 is 2.73 bits per heavy atom. The molecule has 0 fully saturated rings. The average molecular weight is 230 g/mol. The number of rotatable bonds is 5. The number of aliphatic hydroxyl groups is 1. The van der Waals surface area contributed by atoms with Gasteiger partial charge in [-0.2, -0.15) is 0 Å². The van der Waals surface area contributed by atoms with Crippen LogP contribution in [-0.4, -0.2) is 24.4 Å². The van der Waals surface area contributed by atoms with Gasteiger partial charge in [-0.3, -0.25) is 0 Å². The Bertz CT molecular complexity index is 315. The topological polar surface area (TPSA) is 41.5 Å². The Morgan fingerprint density at radius 2 is 2.20 bits per heavy atom. The molecule has 2 N–H and O–H groups in total. The van der Waals surface area contributed by atoms with E-state index in [9.17, 15) is 0 Å². The highest BCUT2D eigenvalue weighted by atomic mass is 35.5. The maximum Gasteiger partial charge on any atom is 0.138 e. The van der Waals surface area contributed by atoms with Crippen molar-refractivity contribution in [2.24, 2.45) is 0 Å². The third-order valence-corrected chi connectivity index (χ3v) is 2.03. The molecule has 0 aliphatic carbocycles. The number of hydrogen-bond donors (Lipinski definition) is 2. The van der Waals surface area contributed by atoms with Crippen LogP contribution in [0.4, 0.5) is 5.69 Å². The van der Waals surface area contributed by atoms with Crippen LogP contribution in [-0.2, 0) is 0 Å². The lowest BCUT2D eigenvalue weighted by Crippen LogP contribution is -2.07. The molecule has 0 bridgehead atoms. The zero-order chi connectivity index (χ0) is 11.3. The summed E-state index contributed by atoms with van der Waals surface area (Å²) in [6.45, 7) is 4.52. The second-order valence-corrected chi connectivity index (χ2v) is 3.87. The van der Waals surface area contributed by atoms with Gasteiger partial charge in [0.25, 0.3) is 0 Å². The normalized spacial score (nSPS) is 10.5. The van der Waals surface area contributed by atoms with Crippen LogP contribution < -0.4 is 10.1 Å². The van der Waals surface area contributed by atoms with Crippen molar-refractivity contribution < 1.29 is 9.84 Å². The third-order valence-electron chi connectivity index (χ3n) is 1.74. The van der Waals surface area contributed by atoms with E-state index >= 15 is 0 Å². The molecular weight excluding hydrogens is 214 g/mol. The summed E-state index contributed by atoms with van der Waals surface area (Å²) in [6, 6.07) is 5.48. The average Bonchev–Trinajstić information content (AvgIpc) is 2.18. The van der Waals surface area contributed by atoms with E-state index in [-0.39, 0.29) is 12.7 Å². The van der Waals surface area contributed by atoms with E-state index in [0.717, 1.165) is 5.69 Å². The smallest absolute Gasteiger partial charge is 0.138 e. The zero-order valence-corrected chi connectivity index (χ0v) is 9.71. The molecule has 0 atom stereocenters. The summed E-state index contributed by atoms with van der Waals surface area (Å²) in [7, 11) is 0. The molecule has 1 aromatic rings. The van der Waals surface area contributed by atoms with Gasteiger partial charge in [-0.15, -0.1) is 0 Å². The maximum atomic E-state index is 8.65. The number of nitrogens with one attached hydrogen (secondary N) is 1. The molecule has 0 spiro atoms. The number of anilines is 1. The van der Waals surface area contributed by atoms with Gasteiger partial charge < -0.3 is 15.2 Å². The Labute approximate surface area is 95.0 Å². The van der Waals surface area contributed by atoms with Gasteiger partial charge in [0.05, 0.1) is 17.7 Å². The van der Waals surface area contributed by atoms with Crippen molar-refractivity contribution >= 4 is 17.3 Å². The van der Waals surface area contributed by atoms with Crippen LogP contribution in [0.15, 0.2) is 18.2 Å². The van der Waals surface area contributed by atoms with Gasteiger partial charge in [0, 0.05) is 12.2 Å². The summed E-state index contributed by atoms with van der Waals surface area (Å²) in [5, 5.41) is 12.3. The third kappa shape index (κ3) is 3.98. The molecule has 0 heterocycles. The molecule has 0 aliphatic heterocycles. The molecule has 84 valence electrons. The Kier molecular flexibility index (Phi) is 4.72. The van der Waals surface area contributed by atoms with Crippen molar-refractivity contribution in [3.05, 3.63) is 23.2 Å². The molecule has 15 heavy (non-hydrogen) atoms. The minimum Gasteiger partial charge on any atom is -0.489 e. The van der Waals surface area contributed by atoms with Crippen LogP contribution >= 0.6 is 11.6 Å². The van der Waals surface area contributed by atoms with Crippen LogP contribution in [0.3, 0.4) is 0 Å². The van der Waals surface area contributed by atoms with Crippen LogP contribution in [0, 0.1) is 0 Å². The summed E-state index contributed by atoms with van der Waals surface area (Å²) < 4.78 is 5.50. The van der Waals surface area contributed by atoms with Gasteiger partial charge in [-0.25, -0.2) is 0 Å². The molecule has 0 aliphatic rings. The molecule has 4 heteroatoms. The first-order chi connectivity index (χ1) is 7.13. The first-order valence-electron chi connectivity index (χ1n) is 4.94. The molecule has 0 amide bonds. The molecule has 0 saturated heterocycles. The van der Waals surface area contributed by atoms with Crippen molar-refractivity contribution in [3.63, 3.8) is 0 Å². The summed E-state index contributed by atoms with van der Waals surface area (Å²) in [6.07, 6.45) is 0.110. The Hall–Kier alpha value is -0.930. The van der Waals surface area contributed by atoms with Crippen molar-refractivity contribution in [3.8, 4) is 5.75 Å². The summed E-state index contributed by atoms with van der Waals surface area (Å²) in [5.41, 5.74) is 0.880. The number of benzene rings is 1. The van der Waals surface area contributed by atoms with Gasteiger partial charge in [-0.1, -0.05) is 11.6 Å². The van der Waals surface area contributed by atoms with Crippen molar-refractivity contribution in [1.29, 1.82) is 0 Å². The Morgan fingerprint density at radius 1 is 1.47 bits per heavy atom. The quantitative estimate of drug-likeness (QED) is 0.815. The van der Waals surface area contributed by atoms with E-state index in [0.29, 0.717) is 17.3 Å².